The van der Waals surface area contributed by atoms with E-state index in [4.69, 9.17) is 10.8 Å². The Kier molecular flexibility index (Phi) is 3.68. The highest BCUT2D eigenvalue weighted by molar-refractivity contribution is 5.53. The van der Waals surface area contributed by atoms with Gasteiger partial charge in [-0.05, 0) is 12.5 Å². The normalized spacial score (nSPS) is 14.2. The van der Waals surface area contributed by atoms with Crippen LogP contribution in [0.25, 0.3) is 6.08 Å². The highest BCUT2D eigenvalue weighted by atomic mass is 16.3. The van der Waals surface area contributed by atoms with E-state index in [0.717, 1.165) is 11.1 Å². The zero-order chi connectivity index (χ0) is 9.68. The Hall–Kier alpha value is -1.12. The van der Waals surface area contributed by atoms with E-state index in [1.54, 1.807) is 0 Å². The summed E-state index contributed by atoms with van der Waals surface area (Å²) in [5.74, 6) is 0. The van der Waals surface area contributed by atoms with Gasteiger partial charge in [-0.3, -0.25) is 0 Å². The molecule has 0 spiro atoms. The summed E-state index contributed by atoms with van der Waals surface area (Å²) in [6, 6.07) is 9.69. The summed E-state index contributed by atoms with van der Waals surface area (Å²) in [7, 11) is 0. The van der Waals surface area contributed by atoms with Crippen molar-refractivity contribution >= 4 is 6.08 Å². The SMILES string of the molecule is C/C(=C\c1ccccc1)[C@@H](N)CO. The van der Waals surface area contributed by atoms with E-state index in [0.29, 0.717) is 0 Å². The van der Waals surface area contributed by atoms with Gasteiger partial charge in [-0.15, -0.1) is 0 Å². The van der Waals surface area contributed by atoms with Crippen molar-refractivity contribution in [3.05, 3.63) is 41.5 Å². The molecule has 13 heavy (non-hydrogen) atoms. The van der Waals surface area contributed by atoms with Crippen molar-refractivity contribution in [2.45, 2.75) is 13.0 Å². The van der Waals surface area contributed by atoms with E-state index in [-0.39, 0.29) is 12.6 Å². The maximum absolute atomic E-state index is 8.82. The molecule has 0 amide bonds. The van der Waals surface area contributed by atoms with Gasteiger partial charge in [0.2, 0.25) is 0 Å². The molecule has 0 aliphatic rings. The standard InChI is InChI=1S/C11H15NO/c1-9(11(12)8-13)7-10-5-3-2-4-6-10/h2-7,11,13H,8,12H2,1H3/b9-7+/t11-/m0/s1. The molecular weight excluding hydrogens is 162 g/mol. The highest BCUT2D eigenvalue weighted by Gasteiger charge is 2.01. The van der Waals surface area contributed by atoms with Crippen molar-refractivity contribution < 1.29 is 5.11 Å². The predicted octanol–water partition coefficient (Wildman–Crippen LogP) is 1.41. The number of nitrogens with two attached hydrogens (primary N) is 1. The second-order valence-corrected chi connectivity index (χ2v) is 3.09. The Morgan fingerprint density at radius 3 is 2.62 bits per heavy atom. The van der Waals surface area contributed by atoms with Gasteiger partial charge in [0, 0.05) is 6.04 Å². The zero-order valence-corrected chi connectivity index (χ0v) is 7.77. The number of aliphatic hydroxyl groups excluding tert-OH is 1. The van der Waals surface area contributed by atoms with Crippen LogP contribution in [0.5, 0.6) is 0 Å². The summed E-state index contributed by atoms with van der Waals surface area (Å²) in [5, 5.41) is 8.82. The van der Waals surface area contributed by atoms with Crippen molar-refractivity contribution in [2.24, 2.45) is 5.73 Å². The fourth-order valence-electron chi connectivity index (χ4n) is 1.06. The molecule has 2 nitrogen and oxygen atoms in total. The number of hydrogen-bond acceptors (Lipinski definition) is 2. The molecule has 1 aromatic carbocycles. The first-order valence-corrected chi connectivity index (χ1v) is 4.33. The second kappa shape index (κ2) is 4.80. The Balaban J connectivity index is 2.77. The predicted molar refractivity (Wildman–Crippen MR) is 55.2 cm³/mol. The monoisotopic (exact) mass is 177 g/mol. The number of benzene rings is 1. The molecule has 0 unspecified atom stereocenters. The van der Waals surface area contributed by atoms with Crippen LogP contribution in [-0.2, 0) is 0 Å². The quantitative estimate of drug-likeness (QED) is 0.733. The fraction of sp³-hybridized carbons (Fsp3) is 0.273. The van der Waals surface area contributed by atoms with Gasteiger partial charge in [0.15, 0.2) is 0 Å². The van der Waals surface area contributed by atoms with Crippen molar-refractivity contribution in [1.29, 1.82) is 0 Å². The van der Waals surface area contributed by atoms with Gasteiger partial charge < -0.3 is 10.8 Å². The lowest BCUT2D eigenvalue weighted by molar-refractivity contribution is 0.280. The number of aliphatic hydroxyl groups is 1. The molecule has 1 atom stereocenters. The van der Waals surface area contributed by atoms with E-state index in [2.05, 4.69) is 0 Å². The van der Waals surface area contributed by atoms with Gasteiger partial charge in [0.1, 0.15) is 0 Å². The lowest BCUT2D eigenvalue weighted by Crippen LogP contribution is -2.25. The topological polar surface area (TPSA) is 46.2 Å². The Bertz CT molecular complexity index is 279. The minimum atomic E-state index is -0.250. The van der Waals surface area contributed by atoms with E-state index in [1.807, 2.05) is 43.3 Å². The first-order chi connectivity index (χ1) is 6.24. The molecule has 0 bridgehead atoms. The molecule has 0 heterocycles. The Morgan fingerprint density at radius 1 is 1.46 bits per heavy atom. The third kappa shape index (κ3) is 3.01. The highest BCUT2D eigenvalue weighted by Crippen LogP contribution is 2.07. The van der Waals surface area contributed by atoms with Crippen molar-refractivity contribution in [2.75, 3.05) is 6.61 Å². The first kappa shape index (κ1) is 9.96. The summed E-state index contributed by atoms with van der Waals surface area (Å²) in [6.07, 6.45) is 1.99. The maximum Gasteiger partial charge on any atom is 0.0621 e. The van der Waals surface area contributed by atoms with Gasteiger partial charge in [-0.2, -0.15) is 0 Å². The summed E-state index contributed by atoms with van der Waals surface area (Å²) in [4.78, 5) is 0. The van der Waals surface area contributed by atoms with Gasteiger partial charge in [0.05, 0.1) is 6.61 Å². The molecule has 2 heteroatoms. The lowest BCUT2D eigenvalue weighted by atomic mass is 10.1. The molecule has 1 rings (SSSR count). The van der Waals surface area contributed by atoms with Crippen LogP contribution in [0.1, 0.15) is 12.5 Å². The molecular formula is C11H15NO. The molecule has 0 aromatic heterocycles. The van der Waals surface area contributed by atoms with Crippen molar-refractivity contribution in [3.63, 3.8) is 0 Å². The van der Waals surface area contributed by atoms with E-state index in [9.17, 15) is 0 Å². The number of hydrogen-bond donors (Lipinski definition) is 2. The molecule has 1 aromatic rings. The molecule has 0 saturated carbocycles. The largest absolute Gasteiger partial charge is 0.394 e. The molecule has 0 radical (unpaired) electrons. The summed E-state index contributed by atoms with van der Waals surface area (Å²) < 4.78 is 0. The van der Waals surface area contributed by atoms with Gasteiger partial charge >= 0.3 is 0 Å². The Morgan fingerprint density at radius 2 is 2.08 bits per heavy atom. The molecule has 0 fully saturated rings. The van der Waals surface area contributed by atoms with Crippen LogP contribution < -0.4 is 5.73 Å². The zero-order valence-electron chi connectivity index (χ0n) is 7.77. The van der Waals surface area contributed by atoms with Crippen LogP contribution in [0.3, 0.4) is 0 Å². The van der Waals surface area contributed by atoms with Crippen LogP contribution >= 0.6 is 0 Å². The van der Waals surface area contributed by atoms with Crippen LogP contribution in [0.4, 0.5) is 0 Å². The average Bonchev–Trinajstić information content (AvgIpc) is 2.18. The first-order valence-electron chi connectivity index (χ1n) is 4.33. The Labute approximate surface area is 78.7 Å². The fourth-order valence-corrected chi connectivity index (χ4v) is 1.06. The molecule has 0 saturated heterocycles. The molecule has 0 aliphatic carbocycles. The molecule has 3 N–H and O–H groups in total. The van der Waals surface area contributed by atoms with Gasteiger partial charge in [0.25, 0.3) is 0 Å². The van der Waals surface area contributed by atoms with Gasteiger partial charge in [-0.1, -0.05) is 42.0 Å². The third-order valence-corrected chi connectivity index (χ3v) is 1.98. The third-order valence-electron chi connectivity index (χ3n) is 1.98. The van der Waals surface area contributed by atoms with Crippen LogP contribution in [0.2, 0.25) is 0 Å². The maximum atomic E-state index is 8.82. The minimum absolute atomic E-state index is 0.00479. The van der Waals surface area contributed by atoms with Crippen molar-refractivity contribution in [3.8, 4) is 0 Å². The molecule has 70 valence electrons. The summed E-state index contributed by atoms with van der Waals surface area (Å²) in [5.41, 5.74) is 7.75. The summed E-state index contributed by atoms with van der Waals surface area (Å²) >= 11 is 0. The average molecular weight is 177 g/mol. The smallest absolute Gasteiger partial charge is 0.0621 e. The van der Waals surface area contributed by atoms with E-state index >= 15 is 0 Å². The van der Waals surface area contributed by atoms with Crippen LogP contribution in [-0.4, -0.2) is 17.8 Å². The van der Waals surface area contributed by atoms with Crippen LogP contribution in [0, 0.1) is 0 Å². The summed E-state index contributed by atoms with van der Waals surface area (Å²) in [6.45, 7) is 1.92. The van der Waals surface area contributed by atoms with Crippen LogP contribution in [0.15, 0.2) is 35.9 Å². The van der Waals surface area contributed by atoms with Gasteiger partial charge in [-0.25, -0.2) is 0 Å². The second-order valence-electron chi connectivity index (χ2n) is 3.09. The molecule has 0 aliphatic heterocycles. The number of rotatable bonds is 3. The van der Waals surface area contributed by atoms with Crippen molar-refractivity contribution in [1.82, 2.24) is 0 Å². The van der Waals surface area contributed by atoms with E-state index < -0.39 is 0 Å². The van der Waals surface area contributed by atoms with E-state index in [1.165, 1.54) is 0 Å². The minimum Gasteiger partial charge on any atom is -0.394 e. The lowest BCUT2D eigenvalue weighted by Gasteiger charge is -2.07.